The molecule has 2 rings (SSSR count). The number of amides is 1. The number of hydrogen-bond acceptors (Lipinski definition) is 3. The van der Waals surface area contributed by atoms with E-state index < -0.39 is 0 Å². The van der Waals surface area contributed by atoms with Gasteiger partial charge in [0, 0.05) is 25.5 Å². The number of hydrogen-bond donors (Lipinski definition) is 1. The van der Waals surface area contributed by atoms with Gasteiger partial charge in [-0.1, -0.05) is 25.6 Å². The van der Waals surface area contributed by atoms with Crippen LogP contribution < -0.4 is 5.73 Å². The van der Waals surface area contributed by atoms with Gasteiger partial charge in [0.1, 0.15) is 5.82 Å². The number of carbonyl (C=O) groups excluding carboxylic acids is 1. The Bertz CT molecular complexity index is 457. The van der Waals surface area contributed by atoms with Crippen LogP contribution in [0, 0.1) is 5.92 Å². The molecule has 1 amide bonds. The summed E-state index contributed by atoms with van der Waals surface area (Å²) < 4.78 is 2.07. The van der Waals surface area contributed by atoms with E-state index in [1.165, 1.54) is 0 Å². The molecular formula is C12H18N4OS. The van der Waals surface area contributed by atoms with E-state index in [-0.39, 0.29) is 11.8 Å². The zero-order valence-corrected chi connectivity index (χ0v) is 11.3. The van der Waals surface area contributed by atoms with Crippen LogP contribution in [0.15, 0.2) is 12.4 Å². The molecule has 0 saturated heterocycles. The molecule has 0 fully saturated rings. The highest BCUT2D eigenvalue weighted by Gasteiger charge is 2.28. The van der Waals surface area contributed by atoms with Gasteiger partial charge in [0.05, 0.1) is 17.5 Å². The molecule has 5 nitrogen and oxygen atoms in total. The number of rotatable bonds is 4. The molecule has 1 atom stereocenters. The SMILES string of the molecule is CCCC(C(=O)N1CCn2ccnc2C1)C(N)=S. The molecule has 98 valence electrons. The molecular weight excluding hydrogens is 248 g/mol. The Morgan fingerprint density at radius 3 is 3.06 bits per heavy atom. The Hall–Kier alpha value is -1.43. The second-order valence-electron chi connectivity index (χ2n) is 4.54. The molecule has 0 radical (unpaired) electrons. The third-order valence-corrected chi connectivity index (χ3v) is 3.56. The molecule has 1 aromatic heterocycles. The zero-order chi connectivity index (χ0) is 13.1. The van der Waals surface area contributed by atoms with Gasteiger partial charge in [-0.3, -0.25) is 4.79 Å². The maximum Gasteiger partial charge on any atom is 0.232 e. The summed E-state index contributed by atoms with van der Waals surface area (Å²) in [6, 6.07) is 0. The Kier molecular flexibility index (Phi) is 3.96. The van der Waals surface area contributed by atoms with Gasteiger partial charge in [-0.05, 0) is 6.42 Å². The van der Waals surface area contributed by atoms with Gasteiger partial charge in [-0.15, -0.1) is 0 Å². The first-order valence-electron chi connectivity index (χ1n) is 6.21. The van der Waals surface area contributed by atoms with Crippen molar-refractivity contribution in [3.63, 3.8) is 0 Å². The van der Waals surface area contributed by atoms with Crippen molar-refractivity contribution in [3.8, 4) is 0 Å². The van der Waals surface area contributed by atoms with E-state index in [2.05, 4.69) is 9.55 Å². The molecule has 2 heterocycles. The van der Waals surface area contributed by atoms with E-state index in [1.807, 2.05) is 18.0 Å². The number of thiocarbonyl (C=S) groups is 1. The lowest BCUT2D eigenvalue weighted by Gasteiger charge is -2.30. The van der Waals surface area contributed by atoms with Gasteiger partial charge < -0.3 is 15.2 Å². The first kappa shape index (κ1) is 13.0. The van der Waals surface area contributed by atoms with E-state index in [1.54, 1.807) is 6.20 Å². The van der Waals surface area contributed by atoms with Crippen molar-refractivity contribution in [2.45, 2.75) is 32.9 Å². The molecule has 6 heteroatoms. The monoisotopic (exact) mass is 266 g/mol. The van der Waals surface area contributed by atoms with Crippen LogP contribution in [0.1, 0.15) is 25.6 Å². The Morgan fingerprint density at radius 2 is 2.39 bits per heavy atom. The lowest BCUT2D eigenvalue weighted by atomic mass is 10.0. The van der Waals surface area contributed by atoms with Crippen molar-refractivity contribution in [3.05, 3.63) is 18.2 Å². The van der Waals surface area contributed by atoms with Gasteiger partial charge in [0.15, 0.2) is 0 Å². The van der Waals surface area contributed by atoms with Crippen molar-refractivity contribution in [1.29, 1.82) is 0 Å². The van der Waals surface area contributed by atoms with E-state index in [0.29, 0.717) is 18.1 Å². The van der Waals surface area contributed by atoms with Gasteiger partial charge in [-0.25, -0.2) is 4.98 Å². The van der Waals surface area contributed by atoms with Gasteiger partial charge in [0.25, 0.3) is 0 Å². The summed E-state index contributed by atoms with van der Waals surface area (Å²) in [5, 5.41) is 0. The molecule has 0 aliphatic carbocycles. The zero-order valence-electron chi connectivity index (χ0n) is 10.5. The van der Waals surface area contributed by atoms with Gasteiger partial charge in [-0.2, -0.15) is 0 Å². The molecule has 1 aromatic rings. The maximum atomic E-state index is 12.4. The summed E-state index contributed by atoms with van der Waals surface area (Å²) in [5.74, 6) is 0.637. The average molecular weight is 266 g/mol. The molecule has 2 N–H and O–H groups in total. The minimum Gasteiger partial charge on any atom is -0.393 e. The van der Waals surface area contributed by atoms with Crippen molar-refractivity contribution >= 4 is 23.1 Å². The summed E-state index contributed by atoms with van der Waals surface area (Å²) >= 11 is 5.00. The van der Waals surface area contributed by atoms with Crippen LogP contribution in [-0.4, -0.2) is 31.9 Å². The fourth-order valence-corrected chi connectivity index (χ4v) is 2.48. The molecule has 0 bridgehead atoms. The van der Waals surface area contributed by atoms with Crippen LogP contribution in [0.3, 0.4) is 0 Å². The topological polar surface area (TPSA) is 64.2 Å². The first-order valence-corrected chi connectivity index (χ1v) is 6.62. The van der Waals surface area contributed by atoms with E-state index >= 15 is 0 Å². The number of aromatic nitrogens is 2. The third-order valence-electron chi connectivity index (χ3n) is 3.28. The molecule has 0 aromatic carbocycles. The minimum atomic E-state index is -0.327. The second kappa shape index (κ2) is 5.48. The van der Waals surface area contributed by atoms with Crippen LogP contribution in [0.2, 0.25) is 0 Å². The molecule has 18 heavy (non-hydrogen) atoms. The van der Waals surface area contributed by atoms with E-state index in [4.69, 9.17) is 18.0 Å². The normalized spacial score (nSPS) is 16.2. The number of nitrogens with two attached hydrogens (primary N) is 1. The highest BCUT2D eigenvalue weighted by molar-refractivity contribution is 7.80. The standard InChI is InChI=1S/C12H18N4OS/c1-2-3-9(11(13)18)12(17)16-7-6-15-5-4-14-10(15)8-16/h4-5,9H,2-3,6-8H2,1H3,(H2,13,18). The second-order valence-corrected chi connectivity index (χ2v) is 5.01. The van der Waals surface area contributed by atoms with Crippen LogP contribution in [0.4, 0.5) is 0 Å². The maximum absolute atomic E-state index is 12.4. The quantitative estimate of drug-likeness (QED) is 0.823. The van der Waals surface area contributed by atoms with Crippen LogP contribution >= 0.6 is 12.2 Å². The van der Waals surface area contributed by atoms with Crippen molar-refractivity contribution in [2.24, 2.45) is 11.7 Å². The molecule has 1 aliphatic heterocycles. The number of fused-ring (bicyclic) bond motifs is 1. The van der Waals surface area contributed by atoms with Gasteiger partial charge in [0.2, 0.25) is 5.91 Å². The first-order chi connectivity index (χ1) is 8.63. The predicted molar refractivity (Wildman–Crippen MR) is 72.8 cm³/mol. The third kappa shape index (κ3) is 2.53. The smallest absolute Gasteiger partial charge is 0.232 e. The van der Waals surface area contributed by atoms with Crippen molar-refractivity contribution in [1.82, 2.24) is 14.5 Å². The van der Waals surface area contributed by atoms with Crippen LogP contribution in [0.5, 0.6) is 0 Å². The van der Waals surface area contributed by atoms with E-state index in [0.717, 1.165) is 25.2 Å². The highest BCUT2D eigenvalue weighted by atomic mass is 32.1. The lowest BCUT2D eigenvalue weighted by Crippen LogP contribution is -2.44. The molecule has 0 saturated carbocycles. The fraction of sp³-hybridized carbons (Fsp3) is 0.583. The van der Waals surface area contributed by atoms with Crippen molar-refractivity contribution < 1.29 is 4.79 Å². The van der Waals surface area contributed by atoms with Crippen LogP contribution in [-0.2, 0) is 17.9 Å². The Morgan fingerprint density at radius 1 is 1.61 bits per heavy atom. The number of carbonyl (C=O) groups is 1. The lowest BCUT2D eigenvalue weighted by molar-refractivity contribution is -0.135. The number of imidazole rings is 1. The summed E-state index contributed by atoms with van der Waals surface area (Å²) in [5.41, 5.74) is 5.67. The molecule has 0 spiro atoms. The average Bonchev–Trinajstić information content (AvgIpc) is 2.81. The summed E-state index contributed by atoms with van der Waals surface area (Å²) in [7, 11) is 0. The van der Waals surface area contributed by atoms with Gasteiger partial charge >= 0.3 is 0 Å². The summed E-state index contributed by atoms with van der Waals surface area (Å²) in [6.07, 6.45) is 5.32. The summed E-state index contributed by atoms with van der Waals surface area (Å²) in [6.45, 7) is 4.07. The van der Waals surface area contributed by atoms with Crippen LogP contribution in [0.25, 0.3) is 0 Å². The number of nitrogens with zero attached hydrogens (tertiary/aromatic N) is 3. The predicted octanol–water partition coefficient (Wildman–Crippen LogP) is 0.928. The largest absolute Gasteiger partial charge is 0.393 e. The van der Waals surface area contributed by atoms with Crippen molar-refractivity contribution in [2.75, 3.05) is 6.54 Å². The highest BCUT2D eigenvalue weighted by Crippen LogP contribution is 2.16. The Balaban J connectivity index is 2.08. The minimum absolute atomic E-state index is 0.0404. The molecule has 1 aliphatic rings. The fourth-order valence-electron chi connectivity index (χ4n) is 2.26. The Labute approximate surface area is 112 Å². The van der Waals surface area contributed by atoms with E-state index in [9.17, 15) is 4.79 Å². The molecule has 1 unspecified atom stereocenters. The summed E-state index contributed by atoms with van der Waals surface area (Å²) in [4.78, 5) is 18.7.